The third kappa shape index (κ3) is 11.3. The molecule has 1 aromatic carbocycles. The van der Waals surface area contributed by atoms with Crippen molar-refractivity contribution < 1.29 is 37.9 Å². The van der Waals surface area contributed by atoms with Crippen molar-refractivity contribution in [1.29, 1.82) is 0 Å². The Balaban J connectivity index is 2.16. The molecule has 1 amide bonds. The number of amides is 1. The molecule has 0 bridgehead atoms. The van der Waals surface area contributed by atoms with E-state index in [1.54, 1.807) is 18.7 Å². The molecule has 2 N–H and O–H groups in total. The Kier molecular flexibility index (Phi) is 14.4. The number of benzene rings is 1. The lowest BCUT2D eigenvalue weighted by atomic mass is 9.73. The summed E-state index contributed by atoms with van der Waals surface area (Å²) in [6.07, 6.45) is 3.87. The van der Waals surface area contributed by atoms with Crippen LogP contribution in [0.25, 0.3) is 0 Å². The first-order chi connectivity index (χ1) is 20.7. The smallest absolute Gasteiger partial charge is 0.410 e. The monoisotopic (exact) mass is 633 g/mol. The number of amidine groups is 1. The second kappa shape index (κ2) is 17.2. The van der Waals surface area contributed by atoms with E-state index in [0.29, 0.717) is 39.0 Å². The van der Waals surface area contributed by atoms with Crippen molar-refractivity contribution in [2.45, 2.75) is 91.5 Å². The largest absolute Gasteiger partial charge is 0.463 e. The summed E-state index contributed by atoms with van der Waals surface area (Å²) in [5.41, 5.74) is 6.87. The molecule has 12 heteroatoms. The highest BCUT2D eigenvalue weighted by Gasteiger charge is 2.41. The average molecular weight is 634 g/mol. The predicted octanol–water partition coefficient (Wildman–Crippen LogP) is 5.90. The lowest BCUT2D eigenvalue weighted by Gasteiger charge is -2.41. The van der Waals surface area contributed by atoms with Gasteiger partial charge >= 0.3 is 18.0 Å². The van der Waals surface area contributed by atoms with Crippen LogP contribution in [0, 0.1) is 5.41 Å². The maximum Gasteiger partial charge on any atom is 0.410 e. The Morgan fingerprint density at radius 1 is 1.00 bits per heavy atom. The highest BCUT2D eigenvalue weighted by Crippen LogP contribution is 2.39. The van der Waals surface area contributed by atoms with Gasteiger partial charge in [0.05, 0.1) is 19.3 Å². The fourth-order valence-corrected chi connectivity index (χ4v) is 5.57. The second-order valence-electron chi connectivity index (χ2n) is 12.4. The Hall–Kier alpha value is -3.38. The van der Waals surface area contributed by atoms with Crippen LogP contribution in [0.2, 0.25) is 18.1 Å². The number of unbranched alkanes of at least 4 members (excludes halogenated alkanes) is 1. The SMILES string of the molecule is CCOC(=O)C=C(ON=C(N)C1(CCCCO[Si](C)(C)C(C)(C)C)CCN(C(=O)OCc2ccccc2)CC1)C(=O)OCC. The van der Waals surface area contributed by atoms with E-state index in [9.17, 15) is 14.4 Å². The van der Waals surface area contributed by atoms with Gasteiger partial charge in [-0.2, -0.15) is 0 Å². The van der Waals surface area contributed by atoms with Crippen LogP contribution in [-0.2, 0) is 39.7 Å². The topological polar surface area (TPSA) is 139 Å². The summed E-state index contributed by atoms with van der Waals surface area (Å²) in [4.78, 5) is 44.4. The lowest BCUT2D eigenvalue weighted by Crippen LogP contribution is -2.49. The van der Waals surface area contributed by atoms with Crippen molar-refractivity contribution in [3.63, 3.8) is 0 Å². The molecule has 1 aliphatic heterocycles. The minimum atomic E-state index is -1.87. The van der Waals surface area contributed by atoms with E-state index in [1.807, 2.05) is 30.3 Å². The van der Waals surface area contributed by atoms with Gasteiger partial charge in [-0.1, -0.05) is 62.7 Å². The molecule has 44 heavy (non-hydrogen) atoms. The van der Waals surface area contributed by atoms with E-state index in [2.05, 4.69) is 39.0 Å². The molecule has 1 saturated heterocycles. The van der Waals surface area contributed by atoms with Crippen molar-refractivity contribution in [2.24, 2.45) is 16.3 Å². The van der Waals surface area contributed by atoms with Gasteiger partial charge in [0.2, 0.25) is 5.76 Å². The average Bonchev–Trinajstić information content (AvgIpc) is 2.98. The van der Waals surface area contributed by atoms with Crippen molar-refractivity contribution in [2.75, 3.05) is 32.9 Å². The van der Waals surface area contributed by atoms with Crippen LogP contribution in [0.5, 0.6) is 0 Å². The number of nitrogens with two attached hydrogens (primary N) is 1. The van der Waals surface area contributed by atoms with E-state index in [-0.39, 0.29) is 36.8 Å². The number of hydrogen-bond acceptors (Lipinski definition) is 9. The van der Waals surface area contributed by atoms with Crippen LogP contribution >= 0.6 is 0 Å². The number of carbonyl (C=O) groups excluding carboxylic acids is 3. The molecule has 0 aliphatic carbocycles. The quantitative estimate of drug-likeness (QED) is 0.0288. The Labute approximate surface area is 263 Å². The van der Waals surface area contributed by atoms with Gasteiger partial charge in [-0.05, 0) is 63.2 Å². The molecule has 0 radical (unpaired) electrons. The molecule has 0 spiro atoms. The summed E-state index contributed by atoms with van der Waals surface area (Å²) in [5.74, 6) is -1.86. The first-order valence-electron chi connectivity index (χ1n) is 15.4. The van der Waals surface area contributed by atoms with Crippen LogP contribution in [0.3, 0.4) is 0 Å². The number of hydrogen-bond donors (Lipinski definition) is 1. The number of rotatable bonds is 15. The molecule has 0 saturated carbocycles. The molecule has 1 fully saturated rings. The van der Waals surface area contributed by atoms with Gasteiger partial charge in [-0.25, -0.2) is 14.4 Å². The van der Waals surface area contributed by atoms with Crippen LogP contribution in [0.1, 0.15) is 72.3 Å². The molecular formula is C32H51N3O8Si. The van der Waals surface area contributed by atoms with Crippen molar-refractivity contribution in [1.82, 2.24) is 4.90 Å². The summed E-state index contributed by atoms with van der Waals surface area (Å²) >= 11 is 0. The molecule has 0 aromatic heterocycles. The van der Waals surface area contributed by atoms with Crippen LogP contribution in [0.15, 0.2) is 47.3 Å². The molecular weight excluding hydrogens is 582 g/mol. The van der Waals surface area contributed by atoms with Crippen LogP contribution < -0.4 is 5.73 Å². The van der Waals surface area contributed by atoms with Gasteiger partial charge in [-0.3, -0.25) is 0 Å². The zero-order chi connectivity index (χ0) is 32.8. The standard InChI is InChI=1S/C32H51N3O8Si/c1-8-39-27(36)23-26(28(37)40-9-2)43-34-29(33)32(17-13-14-22-42-44(6,7)31(3,4)5)18-20-35(21-19-32)30(38)41-24-25-15-11-10-12-16-25/h10-12,15-16,23H,8-9,13-14,17-22,24H2,1-7H3,(H2,33,34). The maximum absolute atomic E-state index is 12.8. The summed E-state index contributed by atoms with van der Waals surface area (Å²) in [6.45, 7) is 16.3. The summed E-state index contributed by atoms with van der Waals surface area (Å²) < 4.78 is 21.8. The molecule has 1 aliphatic rings. The van der Waals surface area contributed by atoms with Gasteiger partial charge in [0, 0.05) is 25.1 Å². The molecule has 0 atom stereocenters. The van der Waals surface area contributed by atoms with E-state index in [0.717, 1.165) is 24.5 Å². The predicted molar refractivity (Wildman–Crippen MR) is 171 cm³/mol. The molecule has 2 rings (SSSR count). The third-order valence-corrected chi connectivity index (χ3v) is 12.8. The number of ether oxygens (including phenoxy) is 3. The summed E-state index contributed by atoms with van der Waals surface area (Å²) in [7, 11) is -1.87. The summed E-state index contributed by atoms with van der Waals surface area (Å²) in [6, 6.07) is 9.51. The lowest BCUT2D eigenvalue weighted by molar-refractivity contribution is -0.144. The second-order valence-corrected chi connectivity index (χ2v) is 17.2. The Bertz CT molecular complexity index is 1140. The van der Waals surface area contributed by atoms with Crippen LogP contribution in [-0.4, -0.2) is 70.0 Å². The minimum Gasteiger partial charge on any atom is -0.463 e. The number of carbonyl (C=O) groups is 3. The number of nitrogens with zero attached hydrogens (tertiary/aromatic N) is 2. The number of likely N-dealkylation sites (tertiary alicyclic amines) is 1. The van der Waals surface area contributed by atoms with Gasteiger partial charge in [-0.15, -0.1) is 0 Å². The summed E-state index contributed by atoms with van der Waals surface area (Å²) in [5, 5.41) is 4.23. The van der Waals surface area contributed by atoms with Crippen molar-refractivity contribution in [3.8, 4) is 0 Å². The number of oxime groups is 1. The van der Waals surface area contributed by atoms with Gasteiger partial charge in [0.1, 0.15) is 12.4 Å². The highest BCUT2D eigenvalue weighted by atomic mass is 28.4. The van der Waals surface area contributed by atoms with Gasteiger partial charge in [0.25, 0.3) is 0 Å². The fraction of sp³-hybridized carbons (Fsp3) is 0.625. The Morgan fingerprint density at radius 3 is 2.23 bits per heavy atom. The first-order valence-corrected chi connectivity index (χ1v) is 18.3. The van der Waals surface area contributed by atoms with Gasteiger partial charge < -0.3 is 34.1 Å². The molecule has 1 aromatic rings. The molecule has 0 unspecified atom stereocenters. The van der Waals surface area contributed by atoms with E-state index in [4.69, 9.17) is 29.2 Å². The van der Waals surface area contributed by atoms with E-state index >= 15 is 0 Å². The molecule has 246 valence electrons. The highest BCUT2D eigenvalue weighted by molar-refractivity contribution is 6.74. The van der Waals surface area contributed by atoms with Crippen molar-refractivity contribution in [3.05, 3.63) is 47.7 Å². The normalized spacial score (nSPS) is 15.8. The number of esters is 2. The van der Waals surface area contributed by atoms with Gasteiger partial charge in [0.15, 0.2) is 8.32 Å². The van der Waals surface area contributed by atoms with E-state index in [1.165, 1.54) is 0 Å². The fourth-order valence-electron chi connectivity index (χ4n) is 4.48. The van der Waals surface area contributed by atoms with Crippen molar-refractivity contribution >= 4 is 32.2 Å². The maximum atomic E-state index is 12.8. The zero-order valence-electron chi connectivity index (χ0n) is 27.5. The third-order valence-electron chi connectivity index (χ3n) is 8.30. The van der Waals surface area contributed by atoms with Crippen LogP contribution in [0.4, 0.5) is 4.79 Å². The first kappa shape index (κ1) is 36.8. The zero-order valence-corrected chi connectivity index (χ0v) is 28.5. The van der Waals surface area contributed by atoms with E-state index < -0.39 is 31.4 Å². The number of piperidine rings is 1. The Morgan fingerprint density at radius 2 is 1.64 bits per heavy atom. The molecule has 1 heterocycles. The minimum absolute atomic E-state index is 0.0820. The molecule has 11 nitrogen and oxygen atoms in total.